The summed E-state index contributed by atoms with van der Waals surface area (Å²) in [6.45, 7) is 3.54. The lowest BCUT2D eigenvalue weighted by Gasteiger charge is -2.09. The molecule has 6 nitrogen and oxygen atoms in total. The van der Waals surface area contributed by atoms with Gasteiger partial charge in [-0.1, -0.05) is 13.3 Å². The monoisotopic (exact) mass is 289 g/mol. The molecule has 1 aromatic rings. The molecule has 0 heterocycles. The van der Waals surface area contributed by atoms with E-state index in [2.05, 4.69) is 21.0 Å². The normalized spacial score (nSPS) is 11.0. The van der Waals surface area contributed by atoms with Crippen LogP contribution in [0.5, 0.6) is 0 Å². The zero-order chi connectivity index (χ0) is 15.1. The fourth-order valence-corrected chi connectivity index (χ4v) is 1.91. The fourth-order valence-electron chi connectivity index (χ4n) is 1.32. The van der Waals surface area contributed by atoms with Crippen LogP contribution in [0.25, 0.3) is 0 Å². The van der Waals surface area contributed by atoms with Gasteiger partial charge in [0.05, 0.1) is 31.2 Å². The number of nitrogen functional groups attached to an aromatic ring is 2. The maximum Gasteiger partial charge on any atom is 0.126 e. The minimum atomic E-state index is -4.48. The van der Waals surface area contributed by atoms with E-state index in [1.54, 1.807) is 4.90 Å². The first-order valence-electron chi connectivity index (χ1n) is 6.08. The fraction of sp³-hybridized carbons (Fsp3) is 0.500. The molecule has 0 radical (unpaired) electrons. The summed E-state index contributed by atoms with van der Waals surface area (Å²) in [4.78, 5) is 1.12. The third-order valence-electron chi connectivity index (χ3n) is 2.33. The lowest BCUT2D eigenvalue weighted by Crippen LogP contribution is -3.05. The van der Waals surface area contributed by atoms with Gasteiger partial charge in [-0.2, -0.15) is 0 Å². The molecule has 5 N–H and O–H groups in total. The molecule has 0 saturated carbocycles. The maximum atomic E-state index is 10.5. The van der Waals surface area contributed by atoms with Gasteiger partial charge in [0.2, 0.25) is 0 Å². The van der Waals surface area contributed by atoms with Gasteiger partial charge in [0, 0.05) is 5.69 Å². The van der Waals surface area contributed by atoms with Gasteiger partial charge in [-0.25, -0.2) is 8.42 Å². The molecule has 110 valence electrons. The van der Waals surface area contributed by atoms with Crippen LogP contribution in [-0.4, -0.2) is 33.6 Å². The Labute approximate surface area is 115 Å². The summed E-state index contributed by atoms with van der Waals surface area (Å²) >= 11 is 0. The van der Waals surface area contributed by atoms with Crippen LogP contribution in [-0.2, 0) is 10.1 Å². The Kier molecular flexibility index (Phi) is 7.43. The van der Waals surface area contributed by atoms with E-state index < -0.39 is 15.0 Å². The average molecular weight is 289 g/mol. The summed E-state index contributed by atoms with van der Waals surface area (Å²) in [5.74, 6) is 0. The zero-order valence-corrected chi connectivity index (χ0v) is 12.5. The summed E-state index contributed by atoms with van der Waals surface area (Å²) in [7, 11) is -0.101. The Morgan fingerprint density at radius 1 is 1.26 bits per heavy atom. The molecule has 19 heavy (non-hydrogen) atoms. The highest BCUT2D eigenvalue weighted by Crippen LogP contribution is 2.19. The number of nitrogens with two attached hydrogens (primary N) is 2. The molecule has 0 amide bonds. The van der Waals surface area contributed by atoms with Crippen molar-refractivity contribution in [2.75, 3.05) is 32.1 Å². The second-order valence-electron chi connectivity index (χ2n) is 4.56. The Balaban J connectivity index is 0.000000399. The Morgan fingerprint density at radius 3 is 2.16 bits per heavy atom. The average Bonchev–Trinajstić information content (AvgIpc) is 2.25. The predicted octanol–water partition coefficient (Wildman–Crippen LogP) is -0.314. The number of benzene rings is 1. The number of anilines is 2. The van der Waals surface area contributed by atoms with Crippen molar-refractivity contribution in [3.8, 4) is 0 Å². The maximum absolute atomic E-state index is 10.5. The van der Waals surface area contributed by atoms with Crippen molar-refractivity contribution in [1.29, 1.82) is 0 Å². The third-order valence-corrected chi connectivity index (χ3v) is 3.24. The van der Waals surface area contributed by atoms with Gasteiger partial charge in [-0.15, -0.1) is 0 Å². The van der Waals surface area contributed by atoms with Gasteiger partial charge in [0.25, 0.3) is 0 Å². The van der Waals surface area contributed by atoms with E-state index in [9.17, 15) is 13.0 Å². The molecule has 0 aromatic heterocycles. The van der Waals surface area contributed by atoms with Crippen molar-refractivity contribution in [1.82, 2.24) is 0 Å². The van der Waals surface area contributed by atoms with Crippen LogP contribution in [0.2, 0.25) is 0 Å². The van der Waals surface area contributed by atoms with Crippen LogP contribution < -0.4 is 16.4 Å². The Bertz CT molecular complexity index is 487. The molecule has 0 fully saturated rings. The molecule has 0 aliphatic rings. The van der Waals surface area contributed by atoms with E-state index in [4.69, 9.17) is 11.5 Å². The number of nitrogens with one attached hydrogen (secondary N) is 1. The molecule has 0 spiro atoms. The van der Waals surface area contributed by atoms with Crippen LogP contribution >= 0.6 is 0 Å². The topological polar surface area (TPSA) is 114 Å². The van der Waals surface area contributed by atoms with E-state index in [1.807, 2.05) is 0 Å². The molecule has 0 unspecified atom stereocenters. The van der Waals surface area contributed by atoms with Gasteiger partial charge < -0.3 is 20.9 Å². The predicted molar refractivity (Wildman–Crippen MR) is 75.8 cm³/mol. The molecule has 0 aliphatic heterocycles. The second kappa shape index (κ2) is 7.98. The van der Waals surface area contributed by atoms with Crippen LogP contribution in [0.1, 0.15) is 19.8 Å². The Morgan fingerprint density at radius 2 is 1.84 bits per heavy atom. The lowest BCUT2D eigenvalue weighted by atomic mass is 10.3. The third kappa shape index (κ3) is 7.66. The van der Waals surface area contributed by atoms with Crippen LogP contribution in [0, 0.1) is 0 Å². The van der Waals surface area contributed by atoms with E-state index >= 15 is 0 Å². The number of hydrogen-bond acceptors (Lipinski definition) is 5. The summed E-state index contributed by atoms with van der Waals surface area (Å²) < 4.78 is 31.5. The van der Waals surface area contributed by atoms with Crippen LogP contribution in [0.15, 0.2) is 23.1 Å². The van der Waals surface area contributed by atoms with Crippen molar-refractivity contribution in [2.45, 2.75) is 24.7 Å². The van der Waals surface area contributed by atoms with Crippen LogP contribution in [0.4, 0.5) is 11.4 Å². The van der Waals surface area contributed by atoms with Crippen molar-refractivity contribution in [2.24, 2.45) is 0 Å². The summed E-state index contributed by atoms with van der Waals surface area (Å²) in [6, 6.07) is 3.62. The first kappa shape index (κ1) is 17.7. The molecule has 0 bridgehead atoms. The minimum absolute atomic E-state index is 0.120. The smallest absolute Gasteiger partial charge is 0.126 e. The molecule has 0 atom stereocenters. The Hall–Kier alpha value is -1.31. The van der Waals surface area contributed by atoms with E-state index in [0.717, 1.165) is 6.07 Å². The standard InChI is InChI=1S/C6H8N2O3S.C6H15N/c7-4-1-2-6(5(8)3-4)12(9,10)11;1-4-5-6-7(2)3/h1-3H,7-8H2,(H,9,10,11);4-6H2,1-3H3. The molecule has 0 aliphatic carbocycles. The zero-order valence-electron chi connectivity index (χ0n) is 11.6. The number of unbranched alkanes of at least 4 members (excludes halogenated alkanes) is 1. The highest BCUT2D eigenvalue weighted by molar-refractivity contribution is 7.86. The van der Waals surface area contributed by atoms with E-state index in [0.29, 0.717) is 5.69 Å². The van der Waals surface area contributed by atoms with Gasteiger partial charge in [-0.05, 0) is 24.6 Å². The quantitative estimate of drug-likeness (QED) is 0.519. The number of hydrogen-bond donors (Lipinski definition) is 3. The molecule has 1 rings (SSSR count). The number of quaternary nitrogens is 1. The van der Waals surface area contributed by atoms with Crippen molar-refractivity contribution in [3.63, 3.8) is 0 Å². The molecule has 7 heteroatoms. The molecule has 1 aromatic carbocycles. The summed E-state index contributed by atoms with van der Waals surface area (Å²) in [5, 5.41) is 0. The van der Waals surface area contributed by atoms with E-state index in [-0.39, 0.29) is 5.69 Å². The second-order valence-corrected chi connectivity index (χ2v) is 5.91. The van der Waals surface area contributed by atoms with Gasteiger partial charge >= 0.3 is 0 Å². The lowest BCUT2D eigenvalue weighted by molar-refractivity contribution is -0.858. The first-order valence-corrected chi connectivity index (χ1v) is 7.49. The highest BCUT2D eigenvalue weighted by Gasteiger charge is 2.05. The van der Waals surface area contributed by atoms with Gasteiger partial charge in [0.1, 0.15) is 10.1 Å². The van der Waals surface area contributed by atoms with Crippen molar-refractivity contribution < 1.29 is 17.9 Å². The van der Waals surface area contributed by atoms with Crippen LogP contribution in [0.3, 0.4) is 0 Å². The molecular formula is C12H23N3O3S. The molecule has 0 saturated heterocycles. The SMILES string of the molecule is CCCC[NH+](C)C.Nc1ccc(S(=O)(=O)[O-])c(N)c1. The van der Waals surface area contributed by atoms with Gasteiger partial charge in [0.15, 0.2) is 0 Å². The summed E-state index contributed by atoms with van der Waals surface area (Å²) in [5.41, 5.74) is 10.7. The van der Waals surface area contributed by atoms with Gasteiger partial charge in [-0.3, -0.25) is 0 Å². The molecular weight excluding hydrogens is 266 g/mol. The minimum Gasteiger partial charge on any atom is -0.744 e. The highest BCUT2D eigenvalue weighted by atomic mass is 32.2. The van der Waals surface area contributed by atoms with Crippen molar-refractivity contribution in [3.05, 3.63) is 18.2 Å². The largest absolute Gasteiger partial charge is 0.744 e. The summed E-state index contributed by atoms with van der Waals surface area (Å²) in [6.07, 6.45) is 2.69. The first-order chi connectivity index (χ1) is 8.68. The number of rotatable bonds is 4. The van der Waals surface area contributed by atoms with E-state index in [1.165, 1.54) is 31.5 Å². The van der Waals surface area contributed by atoms with Crippen molar-refractivity contribution >= 4 is 21.5 Å².